The fourth-order valence-corrected chi connectivity index (χ4v) is 4.03. The van der Waals surface area contributed by atoms with Crippen molar-refractivity contribution in [3.8, 4) is 10.6 Å². The Morgan fingerprint density at radius 3 is 2.62 bits per heavy atom. The summed E-state index contributed by atoms with van der Waals surface area (Å²) in [7, 11) is 0. The van der Waals surface area contributed by atoms with Crippen LogP contribution in [0.15, 0.2) is 52.5 Å². The second-order valence-electron chi connectivity index (χ2n) is 6.47. The van der Waals surface area contributed by atoms with Crippen LogP contribution in [-0.2, 0) is 6.54 Å². The maximum Gasteiger partial charge on any atom is 0.257 e. The fourth-order valence-electron chi connectivity index (χ4n) is 3.21. The van der Waals surface area contributed by atoms with Crippen LogP contribution in [0.25, 0.3) is 10.6 Å². The molecule has 0 spiro atoms. The number of aromatic nitrogens is 1. The van der Waals surface area contributed by atoms with Gasteiger partial charge in [-0.15, -0.1) is 11.3 Å². The Labute approximate surface area is 156 Å². The highest BCUT2D eigenvalue weighted by atomic mass is 32.1. The summed E-state index contributed by atoms with van der Waals surface area (Å²) < 4.78 is 5.25. The first-order valence-electron chi connectivity index (χ1n) is 8.76. The minimum Gasteiger partial charge on any atom is -0.469 e. The molecule has 3 heterocycles. The minimum absolute atomic E-state index is 0.0657. The molecule has 3 aromatic rings. The second-order valence-corrected chi connectivity index (χ2v) is 7.33. The van der Waals surface area contributed by atoms with Gasteiger partial charge in [0.1, 0.15) is 10.8 Å². The average molecular weight is 367 g/mol. The van der Waals surface area contributed by atoms with Crippen molar-refractivity contribution < 1.29 is 9.21 Å². The molecule has 1 fully saturated rings. The van der Waals surface area contributed by atoms with E-state index >= 15 is 0 Å². The molecule has 6 heteroatoms. The Hall–Kier alpha value is -2.44. The molecule has 134 valence electrons. The normalized spacial score (nSPS) is 15.3. The zero-order chi connectivity index (χ0) is 17.9. The van der Waals surface area contributed by atoms with E-state index in [9.17, 15) is 4.79 Å². The van der Waals surface area contributed by atoms with E-state index < -0.39 is 0 Å². The molecule has 1 saturated heterocycles. The lowest BCUT2D eigenvalue weighted by Gasteiger charge is -2.34. The molecule has 1 aliphatic rings. The number of benzene rings is 1. The maximum atomic E-state index is 12.5. The minimum atomic E-state index is 0.0657. The monoisotopic (exact) mass is 367 g/mol. The number of carbonyl (C=O) groups excluding carboxylic acids is 1. The number of amides is 1. The van der Waals surface area contributed by atoms with Gasteiger partial charge in [-0.3, -0.25) is 9.69 Å². The van der Waals surface area contributed by atoms with Crippen LogP contribution in [0, 0.1) is 6.92 Å². The van der Waals surface area contributed by atoms with Crippen molar-refractivity contribution in [3.05, 3.63) is 65.1 Å². The zero-order valence-corrected chi connectivity index (χ0v) is 15.5. The van der Waals surface area contributed by atoms with Gasteiger partial charge in [-0.25, -0.2) is 4.98 Å². The lowest BCUT2D eigenvalue weighted by molar-refractivity contribution is 0.0625. The van der Waals surface area contributed by atoms with Gasteiger partial charge in [-0.2, -0.15) is 0 Å². The number of hydrogen-bond donors (Lipinski definition) is 0. The molecule has 4 rings (SSSR count). The van der Waals surface area contributed by atoms with Crippen molar-refractivity contribution >= 4 is 17.2 Å². The summed E-state index contributed by atoms with van der Waals surface area (Å²) in [6.45, 7) is 5.85. The highest BCUT2D eigenvalue weighted by Gasteiger charge is 2.24. The van der Waals surface area contributed by atoms with E-state index in [1.165, 1.54) is 0 Å². The lowest BCUT2D eigenvalue weighted by atomic mass is 10.2. The molecule has 0 aliphatic carbocycles. The predicted octanol–water partition coefficient (Wildman–Crippen LogP) is 3.67. The van der Waals surface area contributed by atoms with Crippen molar-refractivity contribution in [2.24, 2.45) is 0 Å². The largest absolute Gasteiger partial charge is 0.469 e. The zero-order valence-electron chi connectivity index (χ0n) is 14.7. The molecule has 0 atom stereocenters. The van der Waals surface area contributed by atoms with E-state index in [1.807, 2.05) is 30.0 Å². The molecular formula is C20H21N3O2S. The quantitative estimate of drug-likeness (QED) is 0.706. The molecule has 0 saturated carbocycles. The number of piperazine rings is 1. The van der Waals surface area contributed by atoms with Gasteiger partial charge in [0.2, 0.25) is 0 Å². The first-order chi connectivity index (χ1) is 12.7. The molecule has 1 aliphatic heterocycles. The van der Waals surface area contributed by atoms with Gasteiger partial charge in [0.15, 0.2) is 0 Å². The van der Waals surface area contributed by atoms with Gasteiger partial charge >= 0.3 is 0 Å². The number of thiazole rings is 1. The fraction of sp³-hybridized carbons (Fsp3) is 0.300. The van der Waals surface area contributed by atoms with Gasteiger partial charge in [-0.05, 0) is 13.0 Å². The molecule has 0 bridgehead atoms. The SMILES string of the molecule is Cc1occc1C(=O)N1CCN(Cc2csc(-c3ccccc3)n2)CC1. The van der Waals surface area contributed by atoms with Crippen molar-refractivity contribution in [1.29, 1.82) is 0 Å². The Morgan fingerprint density at radius 1 is 1.15 bits per heavy atom. The van der Waals surface area contributed by atoms with Crippen LogP contribution in [0.1, 0.15) is 21.8 Å². The summed E-state index contributed by atoms with van der Waals surface area (Å²) in [5.74, 6) is 0.754. The van der Waals surface area contributed by atoms with Crippen LogP contribution in [-0.4, -0.2) is 46.9 Å². The van der Waals surface area contributed by atoms with Gasteiger partial charge < -0.3 is 9.32 Å². The van der Waals surface area contributed by atoms with E-state index in [0.29, 0.717) is 11.3 Å². The summed E-state index contributed by atoms with van der Waals surface area (Å²) in [5.41, 5.74) is 2.93. The number of carbonyl (C=O) groups is 1. The molecule has 5 nitrogen and oxygen atoms in total. The highest BCUT2D eigenvalue weighted by molar-refractivity contribution is 7.13. The first-order valence-corrected chi connectivity index (χ1v) is 9.64. The van der Waals surface area contributed by atoms with Crippen LogP contribution in [0.2, 0.25) is 0 Å². The predicted molar refractivity (Wildman–Crippen MR) is 102 cm³/mol. The third kappa shape index (κ3) is 3.57. The van der Waals surface area contributed by atoms with Gasteiger partial charge in [0.05, 0.1) is 17.5 Å². The third-order valence-corrected chi connectivity index (χ3v) is 5.65. The molecular weight excluding hydrogens is 346 g/mol. The van der Waals surface area contributed by atoms with E-state index in [4.69, 9.17) is 9.40 Å². The number of nitrogens with zero attached hydrogens (tertiary/aromatic N) is 3. The van der Waals surface area contributed by atoms with Crippen LogP contribution in [0.3, 0.4) is 0 Å². The maximum absolute atomic E-state index is 12.5. The van der Waals surface area contributed by atoms with Gasteiger partial charge in [-0.1, -0.05) is 30.3 Å². The number of aryl methyl sites for hydroxylation is 1. The summed E-state index contributed by atoms with van der Waals surface area (Å²) in [5, 5.41) is 3.19. The third-order valence-electron chi connectivity index (χ3n) is 4.71. The van der Waals surface area contributed by atoms with Crippen LogP contribution in [0.5, 0.6) is 0 Å². The molecule has 26 heavy (non-hydrogen) atoms. The molecule has 0 radical (unpaired) electrons. The molecule has 2 aromatic heterocycles. The van der Waals surface area contributed by atoms with Crippen LogP contribution < -0.4 is 0 Å². The van der Waals surface area contributed by atoms with Crippen molar-refractivity contribution in [1.82, 2.24) is 14.8 Å². The summed E-state index contributed by atoms with van der Waals surface area (Å²) in [4.78, 5) is 21.6. The van der Waals surface area contributed by atoms with E-state index in [0.717, 1.165) is 49.0 Å². The van der Waals surface area contributed by atoms with Crippen LogP contribution >= 0.6 is 11.3 Å². The number of hydrogen-bond acceptors (Lipinski definition) is 5. The summed E-state index contributed by atoms with van der Waals surface area (Å²) >= 11 is 1.68. The van der Waals surface area contributed by atoms with E-state index in [1.54, 1.807) is 23.7 Å². The Balaban J connectivity index is 1.34. The molecule has 1 amide bonds. The standard InChI is InChI=1S/C20H21N3O2S/c1-15-18(7-12-25-15)20(24)23-10-8-22(9-11-23)13-17-14-26-19(21-17)16-5-3-2-4-6-16/h2-7,12,14H,8-11,13H2,1H3. The van der Waals surface area contributed by atoms with Crippen molar-refractivity contribution in [3.63, 3.8) is 0 Å². The smallest absolute Gasteiger partial charge is 0.257 e. The highest BCUT2D eigenvalue weighted by Crippen LogP contribution is 2.24. The van der Waals surface area contributed by atoms with E-state index in [-0.39, 0.29) is 5.91 Å². The lowest BCUT2D eigenvalue weighted by Crippen LogP contribution is -2.48. The summed E-state index contributed by atoms with van der Waals surface area (Å²) in [6.07, 6.45) is 1.57. The molecule has 1 aromatic carbocycles. The van der Waals surface area contributed by atoms with E-state index in [2.05, 4.69) is 22.4 Å². The van der Waals surface area contributed by atoms with Crippen molar-refractivity contribution in [2.45, 2.75) is 13.5 Å². The Kier molecular flexibility index (Phi) is 4.86. The molecule has 0 unspecified atom stereocenters. The Bertz CT molecular complexity index is 879. The van der Waals surface area contributed by atoms with Gasteiger partial charge in [0.25, 0.3) is 5.91 Å². The first kappa shape index (κ1) is 17.0. The topological polar surface area (TPSA) is 49.6 Å². The second kappa shape index (κ2) is 7.43. The van der Waals surface area contributed by atoms with Crippen LogP contribution in [0.4, 0.5) is 0 Å². The summed E-state index contributed by atoms with van der Waals surface area (Å²) in [6, 6.07) is 12.0. The average Bonchev–Trinajstić information content (AvgIpc) is 3.32. The van der Waals surface area contributed by atoms with Gasteiger partial charge in [0, 0.05) is 43.7 Å². The number of furan rings is 1. The number of rotatable bonds is 4. The molecule has 0 N–H and O–H groups in total. The van der Waals surface area contributed by atoms with Crippen molar-refractivity contribution in [2.75, 3.05) is 26.2 Å². The Morgan fingerprint density at radius 2 is 1.92 bits per heavy atom.